The Kier molecular flexibility index (Phi) is 7.60. The number of alkyl halides is 3. The van der Waals surface area contributed by atoms with Gasteiger partial charge in [-0.05, 0) is 42.5 Å². The average molecular weight is 667 g/mol. The van der Waals surface area contributed by atoms with Gasteiger partial charge in [-0.1, -0.05) is 51.3 Å². The molecule has 0 aliphatic carbocycles. The molecule has 41 heavy (non-hydrogen) atoms. The quantitative estimate of drug-likeness (QED) is 0.144. The molecule has 0 atom stereocenters. The van der Waals surface area contributed by atoms with Crippen LogP contribution in [-0.2, 0) is 6.18 Å². The predicted molar refractivity (Wildman–Crippen MR) is 149 cm³/mol. The fourth-order valence-electron chi connectivity index (χ4n) is 3.76. The van der Waals surface area contributed by atoms with E-state index in [1.165, 1.54) is 30.3 Å². The molecule has 0 fully saturated rings. The summed E-state index contributed by atoms with van der Waals surface area (Å²) in [6.45, 7) is 0. The lowest BCUT2D eigenvalue weighted by Gasteiger charge is -2.11. The van der Waals surface area contributed by atoms with Crippen LogP contribution in [0.1, 0.15) is 16.2 Å². The van der Waals surface area contributed by atoms with E-state index in [-0.39, 0.29) is 17.1 Å². The van der Waals surface area contributed by atoms with Gasteiger partial charge >= 0.3 is 6.18 Å². The van der Waals surface area contributed by atoms with Gasteiger partial charge < -0.3 is 10.1 Å². The number of nitrogens with zero attached hydrogens (tertiary/aromatic N) is 4. The third kappa shape index (κ3) is 6.11. The van der Waals surface area contributed by atoms with Crippen molar-refractivity contribution in [2.75, 3.05) is 5.32 Å². The number of hydrogen-bond acceptors (Lipinski definition) is 6. The Labute approximate surface area is 246 Å². The number of nitrogens with one attached hydrogen (secondary N) is 1. The van der Waals surface area contributed by atoms with Crippen molar-refractivity contribution in [2.45, 2.75) is 6.18 Å². The molecule has 0 aliphatic rings. The van der Waals surface area contributed by atoms with Crippen molar-refractivity contribution in [1.82, 2.24) is 14.6 Å². The largest absolute Gasteiger partial charge is 0.457 e. The summed E-state index contributed by atoms with van der Waals surface area (Å²) in [6.07, 6.45) is -4.88. The maximum absolute atomic E-state index is 14.0. The smallest absolute Gasteiger partial charge is 0.433 e. The van der Waals surface area contributed by atoms with E-state index >= 15 is 0 Å². The van der Waals surface area contributed by atoms with Gasteiger partial charge in [0, 0.05) is 27.2 Å². The van der Waals surface area contributed by atoms with Crippen LogP contribution in [0.3, 0.4) is 0 Å². The molecule has 3 aromatic carbocycles. The zero-order chi connectivity index (χ0) is 29.5. The van der Waals surface area contributed by atoms with Gasteiger partial charge in [-0.2, -0.15) is 18.3 Å². The first-order valence-corrected chi connectivity index (χ1v) is 12.9. The van der Waals surface area contributed by atoms with Gasteiger partial charge in [0.2, 0.25) is 0 Å². The number of carbonyl (C=O) groups is 1. The molecule has 2 heterocycles. The van der Waals surface area contributed by atoms with Crippen LogP contribution in [0.4, 0.5) is 24.5 Å². The number of amides is 1. The Morgan fingerprint density at radius 2 is 1.68 bits per heavy atom. The molecule has 0 radical (unpaired) electrons. The van der Waals surface area contributed by atoms with E-state index in [1.807, 2.05) is 0 Å². The molecule has 5 aromatic rings. The van der Waals surface area contributed by atoms with Crippen LogP contribution in [0.5, 0.6) is 11.5 Å². The van der Waals surface area contributed by atoms with Gasteiger partial charge in [-0.3, -0.25) is 14.9 Å². The topological polar surface area (TPSA) is 112 Å². The number of benzene rings is 3. The zero-order valence-corrected chi connectivity index (χ0v) is 23.2. The van der Waals surface area contributed by atoms with Crippen molar-refractivity contribution in [2.24, 2.45) is 0 Å². The number of anilines is 1. The second-order valence-electron chi connectivity index (χ2n) is 8.41. The number of rotatable bonds is 6. The monoisotopic (exact) mass is 665 g/mol. The minimum absolute atomic E-state index is 0.0200. The summed E-state index contributed by atoms with van der Waals surface area (Å²) >= 11 is 15.5. The van der Waals surface area contributed by atoms with E-state index in [1.54, 1.807) is 24.3 Å². The average Bonchev–Trinajstić information content (AvgIpc) is 3.25. The summed E-state index contributed by atoms with van der Waals surface area (Å²) in [5, 5.41) is 17.6. The molecule has 5 rings (SSSR count). The molecule has 0 saturated heterocycles. The highest BCUT2D eigenvalue weighted by molar-refractivity contribution is 9.10. The number of hydrogen-bond donors (Lipinski definition) is 1. The third-order valence-corrected chi connectivity index (χ3v) is 6.72. The Morgan fingerprint density at radius 1 is 1.00 bits per heavy atom. The maximum Gasteiger partial charge on any atom is 0.433 e. The number of fused-ring (bicyclic) bond motifs is 1. The van der Waals surface area contributed by atoms with E-state index in [2.05, 4.69) is 31.3 Å². The van der Waals surface area contributed by atoms with Crippen LogP contribution in [0.15, 0.2) is 77.3 Å². The lowest BCUT2D eigenvalue weighted by Crippen LogP contribution is -2.16. The normalized spacial score (nSPS) is 11.5. The van der Waals surface area contributed by atoms with Crippen molar-refractivity contribution in [3.8, 4) is 22.8 Å². The van der Waals surface area contributed by atoms with Crippen molar-refractivity contribution >= 4 is 62.1 Å². The highest BCUT2D eigenvalue weighted by Crippen LogP contribution is 2.36. The summed E-state index contributed by atoms with van der Waals surface area (Å²) in [5.41, 5.74) is -2.49. The van der Waals surface area contributed by atoms with Gasteiger partial charge in [0.1, 0.15) is 16.5 Å². The SMILES string of the molecule is O=C(Nc1cc(Oc2ccc(Br)cc2)cc([N+](=O)[O-])c1)c1nn2c(C(F)(F)F)cc(-c3ccc(Cl)cc3)nc2c1Cl. The molecule has 208 valence electrons. The molecule has 0 spiro atoms. The standard InChI is InChI=1S/C26H13BrCl2F3N5O4/c27-14-3-7-18(8-4-14)41-19-10-16(9-17(11-19)37(39)40)33-25(38)23-22(29)24-34-20(13-1-5-15(28)6-2-13)12-21(26(30,31)32)36(24)35-23/h1-12H,(H,33,38). The van der Waals surface area contributed by atoms with Crippen LogP contribution < -0.4 is 10.1 Å². The Balaban J connectivity index is 1.53. The molecular weight excluding hydrogens is 654 g/mol. The number of nitro benzene ring substituents is 1. The Bertz CT molecular complexity index is 1810. The Morgan fingerprint density at radius 3 is 2.32 bits per heavy atom. The van der Waals surface area contributed by atoms with Crippen molar-refractivity contribution in [3.63, 3.8) is 0 Å². The fraction of sp³-hybridized carbons (Fsp3) is 0.0385. The highest BCUT2D eigenvalue weighted by atomic mass is 79.9. The number of aromatic nitrogens is 3. The molecule has 2 aromatic heterocycles. The van der Waals surface area contributed by atoms with Gasteiger partial charge in [-0.25, -0.2) is 9.50 Å². The van der Waals surface area contributed by atoms with Crippen LogP contribution in [0.25, 0.3) is 16.9 Å². The number of non-ortho nitro benzene ring substituents is 1. The first-order chi connectivity index (χ1) is 19.4. The summed E-state index contributed by atoms with van der Waals surface area (Å²) in [6, 6.07) is 16.8. The van der Waals surface area contributed by atoms with E-state index in [0.717, 1.165) is 22.7 Å². The maximum atomic E-state index is 14.0. The minimum atomic E-state index is -4.88. The van der Waals surface area contributed by atoms with Crippen molar-refractivity contribution in [3.05, 3.63) is 109 Å². The molecule has 15 heteroatoms. The number of nitro groups is 1. The van der Waals surface area contributed by atoms with Crippen LogP contribution in [0.2, 0.25) is 10.0 Å². The van der Waals surface area contributed by atoms with E-state index in [4.69, 9.17) is 27.9 Å². The third-order valence-electron chi connectivity index (χ3n) is 5.59. The molecule has 0 bridgehead atoms. The molecule has 0 saturated carbocycles. The second-order valence-corrected chi connectivity index (χ2v) is 10.1. The van der Waals surface area contributed by atoms with Crippen molar-refractivity contribution < 1.29 is 27.6 Å². The first kappa shape index (κ1) is 28.3. The van der Waals surface area contributed by atoms with Crippen molar-refractivity contribution in [1.29, 1.82) is 0 Å². The van der Waals surface area contributed by atoms with Gasteiger partial charge in [0.15, 0.2) is 17.0 Å². The van der Waals surface area contributed by atoms with E-state index in [0.29, 0.717) is 20.9 Å². The lowest BCUT2D eigenvalue weighted by molar-refractivity contribution is -0.384. The van der Waals surface area contributed by atoms with Gasteiger partial charge in [-0.15, -0.1) is 0 Å². The molecular formula is C26H13BrCl2F3N5O4. The predicted octanol–water partition coefficient (Wildman–Crippen LogP) is 8.44. The second kappa shape index (κ2) is 11.0. The molecule has 9 nitrogen and oxygen atoms in total. The molecule has 1 N–H and O–H groups in total. The summed E-state index contributed by atoms with van der Waals surface area (Å²) in [7, 11) is 0. The van der Waals surface area contributed by atoms with Crippen LogP contribution in [0, 0.1) is 10.1 Å². The summed E-state index contributed by atoms with van der Waals surface area (Å²) in [4.78, 5) is 28.1. The van der Waals surface area contributed by atoms with E-state index in [9.17, 15) is 28.1 Å². The fourth-order valence-corrected chi connectivity index (χ4v) is 4.39. The van der Waals surface area contributed by atoms with Crippen LogP contribution in [-0.4, -0.2) is 25.4 Å². The zero-order valence-electron chi connectivity index (χ0n) is 20.1. The lowest BCUT2D eigenvalue weighted by atomic mass is 10.1. The van der Waals surface area contributed by atoms with Crippen LogP contribution >= 0.6 is 39.1 Å². The Hall–Kier alpha value is -4.20. The first-order valence-electron chi connectivity index (χ1n) is 11.4. The number of ether oxygens (including phenoxy) is 1. The van der Waals surface area contributed by atoms with Gasteiger partial charge in [0.25, 0.3) is 11.6 Å². The number of carbonyl (C=O) groups excluding carboxylic acids is 1. The summed E-state index contributed by atoms with van der Waals surface area (Å²) < 4.78 is 48.9. The van der Waals surface area contributed by atoms with Gasteiger partial charge in [0.05, 0.1) is 22.4 Å². The molecule has 0 unspecified atom stereocenters. The highest BCUT2D eigenvalue weighted by Gasteiger charge is 2.37. The molecule has 1 amide bonds. The number of halogens is 6. The minimum Gasteiger partial charge on any atom is -0.457 e. The summed E-state index contributed by atoms with van der Waals surface area (Å²) in [5.74, 6) is -0.653. The van der Waals surface area contributed by atoms with E-state index < -0.39 is 44.8 Å². The molecule has 0 aliphatic heterocycles.